The first-order chi connectivity index (χ1) is 26.6. The average Bonchev–Trinajstić information content (AvgIpc) is 3.80. The van der Waals surface area contributed by atoms with E-state index < -0.39 is 20.3 Å². The van der Waals surface area contributed by atoms with Crippen LogP contribution in [0.5, 0.6) is 5.88 Å². The van der Waals surface area contributed by atoms with Gasteiger partial charge in [0.25, 0.3) is 14.2 Å². The molecule has 2 atom stereocenters. The summed E-state index contributed by atoms with van der Waals surface area (Å²) < 4.78 is 15.0. The van der Waals surface area contributed by atoms with Gasteiger partial charge in [-0.15, -0.1) is 0 Å². The number of amides is 2. The number of hydrogen-bond donors (Lipinski definition) is 1. The Morgan fingerprint density at radius 3 is 1.91 bits per heavy atom. The maximum absolute atomic E-state index is 14.0. The van der Waals surface area contributed by atoms with Crippen molar-refractivity contribution in [1.29, 1.82) is 0 Å². The van der Waals surface area contributed by atoms with E-state index in [4.69, 9.17) is 9.16 Å². The van der Waals surface area contributed by atoms with E-state index in [9.17, 15) is 14.4 Å². The molecule has 11 nitrogen and oxygen atoms in total. The molecule has 2 amide bonds. The Labute approximate surface area is 320 Å². The van der Waals surface area contributed by atoms with Crippen LogP contribution in [0, 0.1) is 5.92 Å². The van der Waals surface area contributed by atoms with Crippen molar-refractivity contribution in [3.05, 3.63) is 139 Å². The number of ether oxygens (including phenoxy) is 1. The zero-order chi connectivity index (χ0) is 38.6. The summed E-state index contributed by atoms with van der Waals surface area (Å²) in [5.74, 6) is -0.804. The van der Waals surface area contributed by atoms with Crippen LogP contribution in [0.15, 0.2) is 139 Å². The fourth-order valence-corrected chi connectivity index (χ4v) is 12.0. The molecule has 0 saturated heterocycles. The van der Waals surface area contributed by atoms with Crippen LogP contribution in [0.25, 0.3) is 11.2 Å². The number of rotatable bonds is 11. The quantitative estimate of drug-likeness (QED) is 0.107. The molecular formula is C43H42N6O5Si. The Morgan fingerprint density at radius 2 is 1.40 bits per heavy atom. The molecule has 0 bridgehead atoms. The highest BCUT2D eigenvalue weighted by Gasteiger charge is 2.50. The first kappa shape index (κ1) is 37.1. The second-order valence-corrected chi connectivity index (χ2v) is 18.8. The van der Waals surface area contributed by atoms with Crippen molar-refractivity contribution < 1.29 is 23.5 Å². The van der Waals surface area contributed by atoms with Crippen molar-refractivity contribution in [3.8, 4) is 5.88 Å². The average molecular weight is 751 g/mol. The molecule has 0 aliphatic heterocycles. The maximum atomic E-state index is 14.0. The number of aldehydes is 1. The zero-order valence-electron chi connectivity index (χ0n) is 31.1. The first-order valence-electron chi connectivity index (χ1n) is 18.1. The molecule has 0 unspecified atom stereocenters. The minimum Gasteiger partial charge on any atom is -0.407 e. The Balaban J connectivity index is 1.22. The van der Waals surface area contributed by atoms with Gasteiger partial charge in [0, 0.05) is 19.4 Å². The first-order valence-corrected chi connectivity index (χ1v) is 20.1. The summed E-state index contributed by atoms with van der Waals surface area (Å²) in [4.78, 5) is 53.9. The Morgan fingerprint density at radius 1 is 0.855 bits per heavy atom. The predicted molar refractivity (Wildman–Crippen MR) is 216 cm³/mol. The minimum absolute atomic E-state index is 0.0559. The van der Waals surface area contributed by atoms with E-state index in [0.717, 1.165) is 16.7 Å². The molecule has 6 aromatic rings. The molecule has 1 aliphatic rings. The molecule has 1 N–H and O–H groups in total. The van der Waals surface area contributed by atoms with Gasteiger partial charge < -0.3 is 13.7 Å². The normalized spacial score (nSPS) is 15.7. The number of carbonyl (C=O) groups is 3. The van der Waals surface area contributed by atoms with E-state index >= 15 is 0 Å². The fourth-order valence-electron chi connectivity index (χ4n) is 7.39. The SMILES string of the molecule is CC(=O)Nc1nc(OC(=O)N(c2ccccc2)c2ccccc2)c2ncn([C@H]3C=C(C=O)[C@@H](CO[Si](c4ccccc4)(c4ccccc4)C(C)(C)C)C3)c2n1. The number of hydrogen-bond acceptors (Lipinski definition) is 8. The monoisotopic (exact) mass is 750 g/mol. The number of imidazole rings is 1. The zero-order valence-corrected chi connectivity index (χ0v) is 32.1. The molecule has 55 heavy (non-hydrogen) atoms. The number of nitrogens with zero attached hydrogens (tertiary/aromatic N) is 5. The lowest BCUT2D eigenvalue weighted by Gasteiger charge is -2.43. The van der Waals surface area contributed by atoms with Gasteiger partial charge in [0.05, 0.1) is 23.7 Å². The molecule has 12 heteroatoms. The lowest BCUT2D eigenvalue weighted by atomic mass is 10.0. The van der Waals surface area contributed by atoms with Crippen LogP contribution in [0.3, 0.4) is 0 Å². The topological polar surface area (TPSA) is 129 Å². The summed E-state index contributed by atoms with van der Waals surface area (Å²) in [6, 6.07) is 38.7. The van der Waals surface area contributed by atoms with Crippen LogP contribution in [-0.2, 0) is 14.0 Å². The summed E-state index contributed by atoms with van der Waals surface area (Å²) in [5, 5.41) is 4.70. The van der Waals surface area contributed by atoms with Gasteiger partial charge in [-0.2, -0.15) is 9.97 Å². The lowest BCUT2D eigenvalue weighted by molar-refractivity contribution is -0.114. The largest absolute Gasteiger partial charge is 0.425 e. The number of allylic oxidation sites excluding steroid dienone is 1. The molecule has 278 valence electrons. The number of nitrogens with one attached hydrogen (secondary N) is 1. The molecule has 0 fully saturated rings. The van der Waals surface area contributed by atoms with Gasteiger partial charge in [-0.25, -0.2) is 14.7 Å². The second-order valence-electron chi connectivity index (χ2n) is 14.5. The summed E-state index contributed by atoms with van der Waals surface area (Å²) in [5.41, 5.74) is 2.33. The smallest absolute Gasteiger partial charge is 0.407 e. The lowest BCUT2D eigenvalue weighted by Crippen LogP contribution is -2.66. The van der Waals surface area contributed by atoms with Crippen LogP contribution in [0.4, 0.5) is 22.1 Å². The second kappa shape index (κ2) is 15.6. The molecular weight excluding hydrogens is 709 g/mol. The number of aromatic nitrogens is 4. The van der Waals surface area contributed by atoms with E-state index in [-0.39, 0.29) is 34.3 Å². The van der Waals surface area contributed by atoms with E-state index in [2.05, 4.69) is 65.3 Å². The number of fused-ring (bicyclic) bond motifs is 1. The van der Waals surface area contributed by atoms with Crippen molar-refractivity contribution in [2.24, 2.45) is 5.92 Å². The third-order valence-corrected chi connectivity index (χ3v) is 14.9. The molecule has 2 heterocycles. The van der Waals surface area contributed by atoms with E-state index in [1.165, 1.54) is 11.8 Å². The minimum atomic E-state index is -2.87. The predicted octanol–water partition coefficient (Wildman–Crippen LogP) is 7.38. The van der Waals surface area contributed by atoms with Crippen molar-refractivity contribution in [3.63, 3.8) is 0 Å². The van der Waals surface area contributed by atoms with Crippen molar-refractivity contribution >= 4 is 65.5 Å². The van der Waals surface area contributed by atoms with Crippen molar-refractivity contribution in [1.82, 2.24) is 19.5 Å². The van der Waals surface area contributed by atoms with Crippen LogP contribution < -0.4 is 25.3 Å². The number of benzene rings is 4. The van der Waals surface area contributed by atoms with E-state index in [1.807, 2.05) is 83.4 Å². The van der Waals surface area contributed by atoms with Gasteiger partial charge in [0.15, 0.2) is 11.2 Å². The molecule has 0 spiro atoms. The number of para-hydroxylation sites is 2. The molecule has 7 rings (SSSR count). The summed E-state index contributed by atoms with van der Waals surface area (Å²) >= 11 is 0. The summed E-state index contributed by atoms with van der Waals surface area (Å²) in [6.07, 6.45) is 4.19. The van der Waals surface area contributed by atoms with Crippen LogP contribution in [0.2, 0.25) is 5.04 Å². The van der Waals surface area contributed by atoms with Crippen LogP contribution >= 0.6 is 0 Å². The van der Waals surface area contributed by atoms with E-state index in [0.29, 0.717) is 35.6 Å². The third kappa shape index (κ3) is 7.46. The molecule has 0 radical (unpaired) electrons. The molecule has 2 aromatic heterocycles. The van der Waals surface area contributed by atoms with Gasteiger partial charge in [-0.1, -0.05) is 124 Å². The Bertz CT molecular complexity index is 2250. The summed E-state index contributed by atoms with van der Waals surface area (Å²) in [6.45, 7) is 8.34. The summed E-state index contributed by atoms with van der Waals surface area (Å²) in [7, 11) is -2.87. The van der Waals surface area contributed by atoms with Crippen LogP contribution in [0.1, 0.15) is 40.2 Å². The molecule has 1 aliphatic carbocycles. The van der Waals surface area contributed by atoms with Crippen molar-refractivity contribution in [2.75, 3.05) is 16.8 Å². The maximum Gasteiger partial charge on any atom is 0.425 e. The standard InChI is InChI=1S/C43H42N6O5Si/c1-30(51)45-41-46-39-38(40(47-41)54-42(52)49(33-17-9-5-10-18-33)34-19-11-6-12-20-34)44-29-48(39)35-25-31(27-50)32(26-35)28-53-55(43(2,3)4,36-21-13-7-14-22-36)37-23-15-8-16-24-37/h5-25,27,29,32,35H,26,28H2,1-4H3,(H,45,46,47,51)/t32-,35+/m1/s1. The van der Waals surface area contributed by atoms with Gasteiger partial charge in [0.1, 0.15) is 6.29 Å². The van der Waals surface area contributed by atoms with Gasteiger partial charge in [-0.3, -0.25) is 14.9 Å². The Kier molecular flexibility index (Phi) is 10.5. The number of carbonyl (C=O) groups excluding carboxylic acids is 3. The third-order valence-electron chi connectivity index (χ3n) is 9.87. The van der Waals surface area contributed by atoms with Gasteiger partial charge >= 0.3 is 6.09 Å². The van der Waals surface area contributed by atoms with Gasteiger partial charge in [0.2, 0.25) is 11.9 Å². The number of anilines is 3. The molecule has 0 saturated carbocycles. The van der Waals surface area contributed by atoms with Gasteiger partial charge in [-0.05, 0) is 51.7 Å². The van der Waals surface area contributed by atoms with Crippen molar-refractivity contribution in [2.45, 2.75) is 45.2 Å². The highest BCUT2D eigenvalue weighted by molar-refractivity contribution is 6.99. The molecule has 4 aromatic carbocycles. The van der Waals surface area contributed by atoms with Crippen LogP contribution in [-0.4, -0.2) is 52.7 Å². The fraction of sp³-hybridized carbons (Fsp3) is 0.209. The van der Waals surface area contributed by atoms with E-state index in [1.54, 1.807) is 30.6 Å². The highest BCUT2D eigenvalue weighted by atomic mass is 28.4. The Hall–Kier alpha value is -6.24. The highest BCUT2D eigenvalue weighted by Crippen LogP contribution is 2.40.